The van der Waals surface area contributed by atoms with Crippen LogP contribution in [0.3, 0.4) is 0 Å². The third kappa shape index (κ3) is 3.63. The van der Waals surface area contributed by atoms with Gasteiger partial charge in [-0.3, -0.25) is 4.99 Å². The minimum atomic E-state index is -0.686. The van der Waals surface area contributed by atoms with E-state index in [1.807, 2.05) is 35.6 Å². The van der Waals surface area contributed by atoms with Crippen LogP contribution in [0.2, 0.25) is 0 Å². The van der Waals surface area contributed by atoms with Gasteiger partial charge in [0.25, 0.3) is 0 Å². The minimum Gasteiger partial charge on any atom is -0.386 e. The molecule has 9 rings (SSSR count). The summed E-state index contributed by atoms with van der Waals surface area (Å²) in [5.41, 5.74) is 9.40. The molecule has 4 aliphatic rings. The maximum atomic E-state index is 11.9. The fourth-order valence-corrected chi connectivity index (χ4v) is 8.72. The monoisotopic (exact) mass is 598 g/mol. The second kappa shape index (κ2) is 9.85. The summed E-state index contributed by atoms with van der Waals surface area (Å²) in [6, 6.07) is 14.8. The lowest BCUT2D eigenvalue weighted by Crippen LogP contribution is -2.33. The number of hydrogen-bond acceptors (Lipinski definition) is 7. The highest BCUT2D eigenvalue weighted by atomic mass is 16.3. The molecule has 0 aliphatic carbocycles. The van der Waals surface area contributed by atoms with Gasteiger partial charge >= 0.3 is 0 Å². The quantitative estimate of drug-likeness (QED) is 0.282. The van der Waals surface area contributed by atoms with Crippen LogP contribution in [-0.2, 0) is 13.1 Å². The van der Waals surface area contributed by atoms with Gasteiger partial charge in [0, 0.05) is 48.7 Å². The molecule has 10 heteroatoms. The van der Waals surface area contributed by atoms with E-state index in [1.165, 1.54) is 11.1 Å². The molecule has 6 atom stereocenters. The third-order valence-corrected chi connectivity index (χ3v) is 10.7. The van der Waals surface area contributed by atoms with Gasteiger partial charge in [0.2, 0.25) is 0 Å². The fourth-order valence-electron chi connectivity index (χ4n) is 8.72. The van der Waals surface area contributed by atoms with Crippen molar-refractivity contribution in [3.05, 3.63) is 108 Å². The number of aliphatic hydroxyl groups excluding tert-OH is 2. The molecular formula is C35H34N8O2. The fraction of sp³-hybridized carbons (Fsp3) is 0.314. The molecule has 0 saturated heterocycles. The Kier molecular flexibility index (Phi) is 5.82. The molecule has 0 unspecified atom stereocenters. The van der Waals surface area contributed by atoms with Gasteiger partial charge in [-0.25, -0.2) is 15.0 Å². The predicted octanol–water partition coefficient (Wildman–Crippen LogP) is 5.01. The summed E-state index contributed by atoms with van der Waals surface area (Å²) < 4.78 is 6.46. The van der Waals surface area contributed by atoms with Crippen LogP contribution in [0.5, 0.6) is 0 Å². The predicted molar refractivity (Wildman–Crippen MR) is 170 cm³/mol. The van der Waals surface area contributed by atoms with Crippen molar-refractivity contribution in [1.82, 2.24) is 33.6 Å². The van der Waals surface area contributed by atoms with Crippen LogP contribution >= 0.6 is 0 Å². The lowest BCUT2D eigenvalue weighted by Gasteiger charge is -2.38. The van der Waals surface area contributed by atoms with Crippen LogP contribution in [-0.4, -0.2) is 57.5 Å². The first-order valence-electron chi connectivity index (χ1n) is 15.6. The highest BCUT2D eigenvalue weighted by Crippen LogP contribution is 2.53. The van der Waals surface area contributed by atoms with Crippen molar-refractivity contribution in [2.24, 2.45) is 16.8 Å². The number of rotatable bonds is 4. The van der Waals surface area contributed by atoms with E-state index < -0.39 is 12.2 Å². The molecule has 3 aromatic heterocycles. The number of benzene rings is 2. The van der Waals surface area contributed by atoms with E-state index in [2.05, 4.69) is 79.2 Å². The van der Waals surface area contributed by atoms with Crippen molar-refractivity contribution >= 4 is 12.4 Å². The number of fused-ring (bicyclic) bond motifs is 6. The summed E-state index contributed by atoms with van der Waals surface area (Å²) in [7, 11) is 2.08. The van der Waals surface area contributed by atoms with Gasteiger partial charge in [0.1, 0.15) is 18.0 Å². The third-order valence-electron chi connectivity index (χ3n) is 10.7. The second-order valence-corrected chi connectivity index (χ2v) is 12.7. The summed E-state index contributed by atoms with van der Waals surface area (Å²) >= 11 is 0. The summed E-state index contributed by atoms with van der Waals surface area (Å²) in [6.07, 6.45) is 11.4. The molecular weight excluding hydrogens is 564 g/mol. The number of hydrogen-bond donors (Lipinski definition) is 2. The van der Waals surface area contributed by atoms with Crippen molar-refractivity contribution in [2.45, 2.75) is 50.2 Å². The number of aliphatic hydroxyl groups is 2. The molecule has 0 saturated carbocycles. The van der Waals surface area contributed by atoms with E-state index in [0.29, 0.717) is 0 Å². The van der Waals surface area contributed by atoms with Crippen molar-refractivity contribution in [3.63, 3.8) is 0 Å². The Morgan fingerprint density at radius 3 is 2.49 bits per heavy atom. The van der Waals surface area contributed by atoms with Crippen LogP contribution in [0, 0.1) is 11.8 Å². The molecule has 226 valence electrons. The molecule has 5 aromatic rings. The molecule has 45 heavy (non-hydrogen) atoms. The van der Waals surface area contributed by atoms with Gasteiger partial charge in [-0.1, -0.05) is 42.5 Å². The number of aryl methyl sites for hydroxylation is 1. The molecule has 2 N–H and O–H groups in total. The van der Waals surface area contributed by atoms with Crippen molar-refractivity contribution in [2.75, 3.05) is 7.05 Å². The molecule has 4 aliphatic heterocycles. The Balaban J connectivity index is 1.09. The van der Waals surface area contributed by atoms with E-state index in [-0.39, 0.29) is 23.9 Å². The Hall–Kier alpha value is -4.80. The Labute approximate surface area is 260 Å². The molecule has 7 heterocycles. The van der Waals surface area contributed by atoms with Gasteiger partial charge in [-0.2, -0.15) is 0 Å². The molecule has 0 radical (unpaired) electrons. The first-order valence-corrected chi connectivity index (χ1v) is 15.6. The summed E-state index contributed by atoms with van der Waals surface area (Å²) in [6.45, 7) is 5.25. The molecule has 0 amide bonds. The first-order chi connectivity index (χ1) is 22.1. The van der Waals surface area contributed by atoms with Gasteiger partial charge in [0.15, 0.2) is 0 Å². The summed E-state index contributed by atoms with van der Waals surface area (Å²) in [4.78, 5) is 20.1. The standard InChI is InChI=1S/C35H34N8O2/c1-36-14-26-20-6-3-4-7-21(20)31(40(26)2)24-11-13-42-29(34(24)45)17-39-35(42)23-9-5-8-22-30(23)27-15-38-19-43(27)32(22)25-10-12-41-18-37-16-28(41)33(25)44/h3-9,14-19,24-25,31-34,44-45H,1,10-13H2,2H3/b26-14-/t24-,25+,31-,32+,33+,34-/m0/s1. The summed E-state index contributed by atoms with van der Waals surface area (Å²) in [5.74, 6) is 0.820. The average molecular weight is 599 g/mol. The first kappa shape index (κ1) is 26.6. The van der Waals surface area contributed by atoms with E-state index in [1.54, 1.807) is 12.5 Å². The van der Waals surface area contributed by atoms with Crippen molar-refractivity contribution < 1.29 is 10.2 Å². The highest BCUT2D eigenvalue weighted by molar-refractivity contribution is 5.85. The minimum absolute atomic E-state index is 0.0163. The van der Waals surface area contributed by atoms with Crippen LogP contribution in [0.15, 0.2) is 84.9 Å². The maximum Gasteiger partial charge on any atom is 0.140 e. The molecule has 2 aromatic carbocycles. The molecule has 0 bridgehead atoms. The largest absolute Gasteiger partial charge is 0.386 e. The summed E-state index contributed by atoms with van der Waals surface area (Å²) in [5, 5.41) is 23.4. The highest BCUT2D eigenvalue weighted by Gasteiger charge is 2.45. The molecule has 0 spiro atoms. The zero-order chi connectivity index (χ0) is 30.4. The molecule has 0 fully saturated rings. The number of aliphatic imine (C=N–C) groups is 1. The normalized spacial score (nSPS) is 27.2. The average Bonchev–Trinajstić information content (AvgIpc) is 3.88. The van der Waals surface area contributed by atoms with Gasteiger partial charge in [-0.05, 0) is 30.7 Å². The maximum absolute atomic E-state index is 11.9. The van der Waals surface area contributed by atoms with Crippen LogP contribution in [0.25, 0.3) is 28.3 Å². The number of aromatic nitrogens is 6. The van der Waals surface area contributed by atoms with Gasteiger partial charge in [-0.15, -0.1) is 0 Å². The Bertz CT molecular complexity index is 2000. The zero-order valence-corrected chi connectivity index (χ0v) is 25.0. The Morgan fingerprint density at radius 1 is 0.844 bits per heavy atom. The number of imidazole rings is 3. The zero-order valence-electron chi connectivity index (χ0n) is 25.0. The smallest absolute Gasteiger partial charge is 0.140 e. The molecule has 10 nitrogen and oxygen atoms in total. The van der Waals surface area contributed by atoms with Crippen LogP contribution in [0.1, 0.15) is 65.2 Å². The van der Waals surface area contributed by atoms with E-state index in [0.717, 1.165) is 71.2 Å². The van der Waals surface area contributed by atoms with Crippen LogP contribution in [0.4, 0.5) is 0 Å². The lowest BCUT2D eigenvalue weighted by molar-refractivity contribution is 0.0366. The van der Waals surface area contributed by atoms with E-state index in [4.69, 9.17) is 4.98 Å². The Morgan fingerprint density at radius 2 is 1.60 bits per heavy atom. The topological polar surface area (TPSA) is 110 Å². The SMILES string of the molecule is C=N/C=C1/c2ccccc2[C@@H]([C@@H]2CCn3c(cnc3-c3cccc4c3-c3cncn3[C@H]4[C@H]3CCn4cncc4[C@@H]3O)[C@H]2O)N1C. The van der Waals surface area contributed by atoms with Crippen LogP contribution < -0.4 is 0 Å². The number of nitrogens with zero attached hydrogens (tertiary/aromatic N) is 8. The lowest BCUT2D eigenvalue weighted by atomic mass is 9.82. The van der Waals surface area contributed by atoms with Gasteiger partial charge in [0.05, 0.1) is 72.3 Å². The second-order valence-electron chi connectivity index (χ2n) is 12.7. The van der Waals surface area contributed by atoms with E-state index in [9.17, 15) is 10.2 Å². The van der Waals surface area contributed by atoms with Crippen molar-refractivity contribution in [1.29, 1.82) is 0 Å². The van der Waals surface area contributed by atoms with E-state index >= 15 is 0 Å². The van der Waals surface area contributed by atoms with Gasteiger partial charge < -0.3 is 28.8 Å². The van der Waals surface area contributed by atoms with Crippen molar-refractivity contribution in [3.8, 4) is 22.6 Å².